The van der Waals surface area contributed by atoms with E-state index in [0.717, 1.165) is 11.1 Å². The summed E-state index contributed by atoms with van der Waals surface area (Å²) in [7, 11) is 1.54. The second-order valence-corrected chi connectivity index (χ2v) is 6.50. The van der Waals surface area contributed by atoms with Crippen LogP contribution in [0.1, 0.15) is 17.2 Å². The zero-order valence-corrected chi connectivity index (χ0v) is 15.3. The molecule has 1 heterocycles. The van der Waals surface area contributed by atoms with Crippen molar-refractivity contribution in [3.8, 4) is 22.6 Å². The number of hydrogen-bond acceptors (Lipinski definition) is 3. The van der Waals surface area contributed by atoms with Crippen molar-refractivity contribution in [1.29, 1.82) is 0 Å². The van der Waals surface area contributed by atoms with Crippen LogP contribution in [0, 0.1) is 0 Å². The van der Waals surface area contributed by atoms with E-state index in [-0.39, 0.29) is 5.69 Å². The second-order valence-electron chi connectivity index (χ2n) is 6.50. The van der Waals surface area contributed by atoms with Crippen LogP contribution in [0.5, 0.6) is 11.5 Å². The monoisotopic (exact) mass is 399 g/mol. The van der Waals surface area contributed by atoms with Crippen LogP contribution in [-0.4, -0.2) is 19.2 Å². The Bertz CT molecular complexity index is 1060. The summed E-state index contributed by atoms with van der Waals surface area (Å²) in [6.07, 6.45) is -5.52. The normalized spacial score (nSPS) is 15.0. The standard InChI is InChI=1S/C22H16F3NO3/c1-28-17-8-5-9-18-19(17)15-11-10-14(26-21(27)22(23,24)25)12-16(15)20(29-18)13-6-3-2-4-7-13/h2-12,20H,1H3,(H,26,27). The highest BCUT2D eigenvalue weighted by atomic mass is 19.4. The van der Waals surface area contributed by atoms with Crippen LogP contribution in [0.15, 0.2) is 66.7 Å². The number of hydrogen-bond donors (Lipinski definition) is 1. The van der Waals surface area contributed by atoms with Crippen LogP contribution in [0.2, 0.25) is 0 Å². The van der Waals surface area contributed by atoms with Crippen molar-refractivity contribution >= 4 is 11.6 Å². The van der Waals surface area contributed by atoms with E-state index in [9.17, 15) is 18.0 Å². The maximum absolute atomic E-state index is 12.7. The Morgan fingerprint density at radius 1 is 1.03 bits per heavy atom. The number of ether oxygens (including phenoxy) is 2. The largest absolute Gasteiger partial charge is 0.496 e. The molecule has 4 rings (SSSR count). The van der Waals surface area contributed by atoms with Gasteiger partial charge in [-0.2, -0.15) is 13.2 Å². The minimum atomic E-state index is -4.97. The molecule has 0 aromatic heterocycles. The van der Waals surface area contributed by atoms with Crippen LogP contribution < -0.4 is 14.8 Å². The molecule has 0 saturated heterocycles. The molecule has 1 aliphatic rings. The highest BCUT2D eigenvalue weighted by Gasteiger charge is 2.39. The van der Waals surface area contributed by atoms with Crippen molar-refractivity contribution in [2.75, 3.05) is 12.4 Å². The SMILES string of the molecule is COc1cccc2c1-c1ccc(NC(=O)C(F)(F)F)cc1C(c1ccccc1)O2. The number of anilines is 1. The van der Waals surface area contributed by atoms with Crippen molar-refractivity contribution in [2.45, 2.75) is 12.3 Å². The molecule has 0 bridgehead atoms. The summed E-state index contributed by atoms with van der Waals surface area (Å²) in [6, 6.07) is 19.3. The first-order valence-electron chi connectivity index (χ1n) is 8.79. The molecule has 3 aromatic rings. The number of carbonyl (C=O) groups is 1. The maximum atomic E-state index is 12.7. The first kappa shape index (κ1) is 18.9. The molecule has 29 heavy (non-hydrogen) atoms. The van der Waals surface area contributed by atoms with Crippen molar-refractivity contribution in [2.24, 2.45) is 0 Å². The third kappa shape index (κ3) is 3.51. The van der Waals surface area contributed by atoms with Gasteiger partial charge in [0, 0.05) is 11.3 Å². The van der Waals surface area contributed by atoms with Gasteiger partial charge in [0.2, 0.25) is 0 Å². The summed E-state index contributed by atoms with van der Waals surface area (Å²) >= 11 is 0. The molecule has 3 aromatic carbocycles. The first-order chi connectivity index (χ1) is 13.9. The van der Waals surface area contributed by atoms with Gasteiger partial charge < -0.3 is 14.8 Å². The quantitative estimate of drug-likeness (QED) is 0.646. The first-order valence-corrected chi connectivity index (χ1v) is 8.79. The third-order valence-electron chi connectivity index (χ3n) is 4.67. The van der Waals surface area contributed by atoms with Gasteiger partial charge in [-0.05, 0) is 35.4 Å². The molecule has 148 valence electrons. The summed E-state index contributed by atoms with van der Waals surface area (Å²) in [5.41, 5.74) is 2.98. The number of halogens is 3. The molecule has 7 heteroatoms. The number of methoxy groups -OCH3 is 1. The van der Waals surface area contributed by atoms with E-state index in [1.807, 2.05) is 47.8 Å². The lowest BCUT2D eigenvalue weighted by atomic mass is 9.88. The zero-order chi connectivity index (χ0) is 20.6. The molecule has 1 amide bonds. The Morgan fingerprint density at radius 3 is 2.48 bits per heavy atom. The number of nitrogens with one attached hydrogen (secondary N) is 1. The van der Waals surface area contributed by atoms with E-state index in [4.69, 9.17) is 9.47 Å². The molecule has 1 aliphatic heterocycles. The third-order valence-corrected chi connectivity index (χ3v) is 4.67. The van der Waals surface area contributed by atoms with E-state index in [1.54, 1.807) is 12.1 Å². The lowest BCUT2D eigenvalue weighted by Gasteiger charge is -2.30. The van der Waals surface area contributed by atoms with Crippen molar-refractivity contribution < 1.29 is 27.4 Å². The van der Waals surface area contributed by atoms with Crippen LogP contribution in [0.4, 0.5) is 18.9 Å². The van der Waals surface area contributed by atoms with Crippen LogP contribution in [0.3, 0.4) is 0 Å². The van der Waals surface area contributed by atoms with Gasteiger partial charge in [-0.25, -0.2) is 0 Å². The predicted octanol–water partition coefficient (Wildman–Crippen LogP) is 5.34. The van der Waals surface area contributed by atoms with Gasteiger partial charge in [-0.3, -0.25) is 4.79 Å². The summed E-state index contributed by atoms with van der Waals surface area (Å²) in [5, 5.41) is 1.91. The molecule has 0 radical (unpaired) electrons. The molecule has 0 saturated carbocycles. The average molecular weight is 399 g/mol. The molecule has 0 spiro atoms. The number of carbonyl (C=O) groups excluding carboxylic acids is 1. The second kappa shape index (κ2) is 7.16. The van der Waals surface area contributed by atoms with Gasteiger partial charge in [0.1, 0.15) is 17.6 Å². The van der Waals surface area contributed by atoms with Crippen molar-refractivity contribution in [1.82, 2.24) is 0 Å². The van der Waals surface area contributed by atoms with Gasteiger partial charge in [0.25, 0.3) is 0 Å². The highest BCUT2D eigenvalue weighted by molar-refractivity contribution is 5.95. The van der Waals surface area contributed by atoms with Crippen molar-refractivity contribution in [3.63, 3.8) is 0 Å². The van der Waals surface area contributed by atoms with Gasteiger partial charge in [-0.15, -0.1) is 0 Å². The van der Waals surface area contributed by atoms with Gasteiger partial charge in [0.15, 0.2) is 0 Å². The maximum Gasteiger partial charge on any atom is 0.471 e. The fourth-order valence-electron chi connectivity index (χ4n) is 3.40. The molecule has 0 aliphatic carbocycles. The van der Waals surface area contributed by atoms with Crippen LogP contribution in [-0.2, 0) is 4.79 Å². The predicted molar refractivity (Wildman–Crippen MR) is 102 cm³/mol. The molecule has 4 nitrogen and oxygen atoms in total. The minimum absolute atomic E-state index is 0.0361. The van der Waals surface area contributed by atoms with Gasteiger partial charge in [-0.1, -0.05) is 42.5 Å². The number of amides is 1. The molecule has 1 atom stereocenters. The van der Waals surface area contributed by atoms with E-state index in [1.165, 1.54) is 19.2 Å². The zero-order valence-electron chi connectivity index (χ0n) is 15.3. The smallest absolute Gasteiger partial charge is 0.471 e. The Labute approximate surface area is 164 Å². The van der Waals surface area contributed by atoms with Crippen LogP contribution in [0.25, 0.3) is 11.1 Å². The highest BCUT2D eigenvalue weighted by Crippen LogP contribution is 2.49. The van der Waals surface area contributed by atoms with Crippen LogP contribution >= 0.6 is 0 Å². The molecular formula is C22H16F3NO3. The lowest BCUT2D eigenvalue weighted by molar-refractivity contribution is -0.167. The molecule has 1 N–H and O–H groups in total. The van der Waals surface area contributed by atoms with E-state index < -0.39 is 18.2 Å². The fourth-order valence-corrected chi connectivity index (χ4v) is 3.40. The number of rotatable bonds is 3. The van der Waals surface area contributed by atoms with Crippen molar-refractivity contribution in [3.05, 3.63) is 77.9 Å². The Morgan fingerprint density at radius 2 is 1.79 bits per heavy atom. The number of benzene rings is 3. The number of fused-ring (bicyclic) bond motifs is 3. The Balaban J connectivity index is 1.85. The minimum Gasteiger partial charge on any atom is -0.496 e. The summed E-state index contributed by atoms with van der Waals surface area (Å²) < 4.78 is 49.6. The lowest BCUT2D eigenvalue weighted by Crippen LogP contribution is -2.30. The molecular weight excluding hydrogens is 383 g/mol. The Hall–Kier alpha value is -3.48. The van der Waals surface area contributed by atoms with E-state index >= 15 is 0 Å². The summed E-state index contributed by atoms with van der Waals surface area (Å²) in [5.74, 6) is -0.830. The average Bonchev–Trinajstić information content (AvgIpc) is 2.72. The van der Waals surface area contributed by atoms with Gasteiger partial charge in [0.05, 0.1) is 12.7 Å². The van der Waals surface area contributed by atoms with E-state index in [2.05, 4.69) is 0 Å². The Kier molecular flexibility index (Phi) is 4.66. The fraction of sp³-hybridized carbons (Fsp3) is 0.136. The van der Waals surface area contributed by atoms with Gasteiger partial charge >= 0.3 is 12.1 Å². The molecule has 1 unspecified atom stereocenters. The number of alkyl halides is 3. The topological polar surface area (TPSA) is 47.6 Å². The molecule has 0 fully saturated rings. The summed E-state index contributed by atoms with van der Waals surface area (Å²) in [4.78, 5) is 11.4. The summed E-state index contributed by atoms with van der Waals surface area (Å²) in [6.45, 7) is 0. The van der Waals surface area contributed by atoms with E-state index in [0.29, 0.717) is 22.6 Å².